The lowest BCUT2D eigenvalue weighted by Gasteiger charge is -2.39. The largest absolute Gasteiger partial charge is 0.376 e. The molecule has 1 aliphatic heterocycles. The quantitative estimate of drug-likeness (QED) is 0.593. The number of nitrogens with one attached hydrogen (secondary N) is 1. The highest BCUT2D eigenvalue weighted by Crippen LogP contribution is 2.65. The number of hydrogen-bond donors (Lipinski definition) is 1. The second kappa shape index (κ2) is 8.69. The van der Waals surface area contributed by atoms with Gasteiger partial charge in [-0.15, -0.1) is 10.2 Å². The summed E-state index contributed by atoms with van der Waals surface area (Å²) in [7, 11) is 0. The Morgan fingerprint density at radius 3 is 2.67 bits per heavy atom. The zero-order valence-electron chi connectivity index (χ0n) is 19.6. The highest BCUT2D eigenvalue weighted by molar-refractivity contribution is 7.99. The van der Waals surface area contributed by atoms with Crippen molar-refractivity contribution in [1.29, 1.82) is 0 Å². The second-order valence-electron chi connectivity index (χ2n) is 10.6. The summed E-state index contributed by atoms with van der Waals surface area (Å²) in [6.45, 7) is 8.44. The zero-order chi connectivity index (χ0) is 23.2. The van der Waals surface area contributed by atoms with Crippen LogP contribution in [0.1, 0.15) is 52.9 Å². The Hall–Kier alpha value is -1.93. The lowest BCUT2D eigenvalue weighted by atomic mass is 9.69. The maximum absolute atomic E-state index is 13.4. The van der Waals surface area contributed by atoms with Crippen LogP contribution < -0.4 is 5.32 Å². The first kappa shape index (κ1) is 22.8. The van der Waals surface area contributed by atoms with Crippen molar-refractivity contribution in [3.8, 4) is 11.4 Å². The van der Waals surface area contributed by atoms with Crippen LogP contribution in [0, 0.1) is 22.6 Å². The summed E-state index contributed by atoms with van der Waals surface area (Å²) in [6.07, 6.45) is 5.65. The van der Waals surface area contributed by atoms with Gasteiger partial charge in [-0.1, -0.05) is 32.5 Å². The van der Waals surface area contributed by atoms with Gasteiger partial charge >= 0.3 is 0 Å². The van der Waals surface area contributed by atoms with Crippen LogP contribution >= 0.6 is 11.8 Å². The third-order valence-corrected chi connectivity index (χ3v) is 9.66. The molecule has 2 aromatic rings. The number of amides is 1. The highest BCUT2D eigenvalue weighted by atomic mass is 32.2. The Kier molecular flexibility index (Phi) is 6.02. The van der Waals surface area contributed by atoms with Gasteiger partial charge in [-0.2, -0.15) is 0 Å². The normalized spacial score (nSPS) is 30.1. The molecule has 1 N–H and O–H groups in total. The Morgan fingerprint density at radius 1 is 1.24 bits per heavy atom. The predicted octanol–water partition coefficient (Wildman–Crippen LogP) is 4.69. The summed E-state index contributed by atoms with van der Waals surface area (Å²) >= 11 is 1.41. The first-order valence-electron chi connectivity index (χ1n) is 12.0. The molecule has 3 aliphatic rings. The Balaban J connectivity index is 1.29. The number of hydrogen-bond acceptors (Lipinski definition) is 5. The summed E-state index contributed by atoms with van der Waals surface area (Å²) in [5.41, 5.74) is 1.23. The molecule has 0 radical (unpaired) electrons. The summed E-state index contributed by atoms with van der Waals surface area (Å²) in [5, 5.41) is 12.8. The zero-order valence-corrected chi connectivity index (χ0v) is 20.5. The standard InChI is InChI=1S/C25H33FN4O2S/c1-24(2)17-10-11-25(24,3)20(13-17)27-21(31)15-33-23-29-28-22(16-6-8-18(26)9-7-16)30(23)14-19-5-4-12-32-19/h6-9,17,19-20H,4-5,10-15H2,1-3H3,(H,27,31). The van der Waals surface area contributed by atoms with E-state index in [9.17, 15) is 9.18 Å². The average molecular weight is 473 g/mol. The van der Waals surface area contributed by atoms with Gasteiger partial charge in [0, 0.05) is 18.2 Å². The molecule has 33 heavy (non-hydrogen) atoms. The van der Waals surface area contributed by atoms with Gasteiger partial charge in [-0.3, -0.25) is 9.36 Å². The predicted molar refractivity (Wildman–Crippen MR) is 126 cm³/mol. The molecule has 2 bridgehead atoms. The van der Waals surface area contributed by atoms with E-state index in [1.54, 1.807) is 12.1 Å². The van der Waals surface area contributed by atoms with E-state index >= 15 is 0 Å². The van der Waals surface area contributed by atoms with E-state index in [0.29, 0.717) is 29.2 Å². The molecule has 1 amide bonds. The van der Waals surface area contributed by atoms with E-state index in [2.05, 4.69) is 36.3 Å². The summed E-state index contributed by atoms with van der Waals surface area (Å²) in [5.74, 6) is 1.42. The number of aromatic nitrogens is 3. The van der Waals surface area contributed by atoms with Crippen LogP contribution in [-0.4, -0.2) is 45.2 Å². The van der Waals surface area contributed by atoms with Gasteiger partial charge in [0.1, 0.15) is 5.82 Å². The number of rotatable bonds is 7. The molecular weight excluding hydrogens is 439 g/mol. The van der Waals surface area contributed by atoms with Crippen LogP contribution in [0.15, 0.2) is 29.4 Å². The molecule has 2 aliphatic carbocycles. The smallest absolute Gasteiger partial charge is 0.230 e. The third-order valence-electron chi connectivity index (χ3n) is 8.69. The molecule has 6 nitrogen and oxygen atoms in total. The van der Waals surface area contributed by atoms with E-state index in [-0.39, 0.29) is 34.7 Å². The van der Waals surface area contributed by atoms with Gasteiger partial charge in [0.2, 0.25) is 5.91 Å². The van der Waals surface area contributed by atoms with Gasteiger partial charge in [0.25, 0.3) is 0 Å². The van der Waals surface area contributed by atoms with Crippen molar-refractivity contribution < 1.29 is 13.9 Å². The van der Waals surface area contributed by atoms with Gasteiger partial charge in [0.05, 0.1) is 18.4 Å². The minimum Gasteiger partial charge on any atom is -0.376 e. The second-order valence-corrected chi connectivity index (χ2v) is 11.5. The molecule has 0 spiro atoms. The van der Waals surface area contributed by atoms with Crippen LogP contribution in [-0.2, 0) is 16.1 Å². The minimum absolute atomic E-state index is 0.0459. The number of ether oxygens (including phenoxy) is 1. The lowest BCUT2D eigenvalue weighted by molar-refractivity contribution is -0.120. The van der Waals surface area contributed by atoms with Crippen molar-refractivity contribution in [3.63, 3.8) is 0 Å². The summed E-state index contributed by atoms with van der Waals surface area (Å²) < 4.78 is 21.3. The Bertz CT molecular complexity index is 1020. The van der Waals surface area contributed by atoms with Gasteiger partial charge in [0.15, 0.2) is 11.0 Å². The molecule has 4 atom stereocenters. The average Bonchev–Trinajstić information content (AvgIpc) is 3.52. The fraction of sp³-hybridized carbons (Fsp3) is 0.640. The van der Waals surface area contributed by atoms with E-state index in [0.717, 1.165) is 31.4 Å². The van der Waals surface area contributed by atoms with Crippen LogP contribution in [0.5, 0.6) is 0 Å². The number of carbonyl (C=O) groups excluding carboxylic acids is 1. The first-order valence-corrected chi connectivity index (χ1v) is 13.0. The third kappa shape index (κ3) is 4.09. The van der Waals surface area contributed by atoms with Crippen molar-refractivity contribution in [1.82, 2.24) is 20.1 Å². The van der Waals surface area contributed by atoms with E-state index < -0.39 is 0 Å². The summed E-state index contributed by atoms with van der Waals surface area (Å²) in [4.78, 5) is 12.9. The molecule has 1 saturated heterocycles. The highest BCUT2D eigenvalue weighted by Gasteiger charge is 2.61. The summed E-state index contributed by atoms with van der Waals surface area (Å²) in [6, 6.07) is 6.52. The van der Waals surface area contributed by atoms with Crippen LogP contribution in [0.3, 0.4) is 0 Å². The molecule has 1 aromatic carbocycles. The van der Waals surface area contributed by atoms with Crippen LogP contribution in [0.4, 0.5) is 4.39 Å². The number of benzene rings is 1. The van der Waals surface area contributed by atoms with E-state index in [1.807, 2.05) is 4.57 Å². The minimum atomic E-state index is -0.285. The number of thioether (sulfide) groups is 1. The molecule has 2 heterocycles. The van der Waals surface area contributed by atoms with Crippen molar-refractivity contribution in [3.05, 3.63) is 30.1 Å². The number of nitrogens with zero attached hydrogens (tertiary/aromatic N) is 3. The monoisotopic (exact) mass is 472 g/mol. The molecular formula is C25H33FN4O2S. The first-order chi connectivity index (χ1) is 15.8. The molecule has 3 fully saturated rings. The SMILES string of the molecule is CC1(C)C2CCC1(C)C(NC(=O)CSc1nnc(-c3ccc(F)cc3)n1CC1CCCO1)C2. The van der Waals surface area contributed by atoms with Crippen LogP contribution in [0.25, 0.3) is 11.4 Å². The number of fused-ring (bicyclic) bond motifs is 2. The molecule has 1 aromatic heterocycles. The van der Waals surface area contributed by atoms with Gasteiger partial charge < -0.3 is 10.1 Å². The molecule has 178 valence electrons. The Morgan fingerprint density at radius 2 is 2.03 bits per heavy atom. The van der Waals surface area contributed by atoms with Gasteiger partial charge in [-0.25, -0.2) is 4.39 Å². The Labute approximate surface area is 199 Å². The van der Waals surface area contributed by atoms with E-state index in [1.165, 1.54) is 36.7 Å². The molecule has 2 saturated carbocycles. The van der Waals surface area contributed by atoms with Crippen molar-refractivity contribution in [2.24, 2.45) is 16.7 Å². The fourth-order valence-corrected chi connectivity index (χ4v) is 6.91. The van der Waals surface area contributed by atoms with Crippen molar-refractivity contribution in [2.75, 3.05) is 12.4 Å². The van der Waals surface area contributed by atoms with Gasteiger partial charge in [-0.05, 0) is 73.1 Å². The van der Waals surface area contributed by atoms with Crippen molar-refractivity contribution >= 4 is 17.7 Å². The lowest BCUT2D eigenvalue weighted by Crippen LogP contribution is -2.47. The van der Waals surface area contributed by atoms with Crippen molar-refractivity contribution in [2.45, 2.75) is 76.7 Å². The topological polar surface area (TPSA) is 69.0 Å². The maximum Gasteiger partial charge on any atom is 0.230 e. The molecule has 8 heteroatoms. The number of carbonyl (C=O) groups is 1. The maximum atomic E-state index is 13.4. The fourth-order valence-electron chi connectivity index (χ4n) is 6.15. The molecule has 4 unspecified atom stereocenters. The van der Waals surface area contributed by atoms with E-state index in [4.69, 9.17) is 4.74 Å². The number of halogens is 1. The van der Waals surface area contributed by atoms with Crippen LogP contribution in [0.2, 0.25) is 0 Å². The molecule has 5 rings (SSSR count).